The SMILES string of the molecule is Fc1cc(-c2ccc3c(c2)C2(CCCCC2)CN3)ccc1-c1ccccc1. The van der Waals surface area contributed by atoms with E-state index in [0.29, 0.717) is 5.56 Å². The van der Waals surface area contributed by atoms with Gasteiger partial charge in [-0.1, -0.05) is 67.8 Å². The highest BCUT2D eigenvalue weighted by atomic mass is 19.1. The summed E-state index contributed by atoms with van der Waals surface area (Å²) >= 11 is 0. The zero-order valence-electron chi connectivity index (χ0n) is 15.5. The molecule has 0 atom stereocenters. The quantitative estimate of drug-likeness (QED) is 0.532. The smallest absolute Gasteiger partial charge is 0.131 e. The van der Waals surface area contributed by atoms with E-state index in [-0.39, 0.29) is 11.2 Å². The maximum Gasteiger partial charge on any atom is 0.131 e. The van der Waals surface area contributed by atoms with Crippen LogP contribution in [0.5, 0.6) is 0 Å². The summed E-state index contributed by atoms with van der Waals surface area (Å²) in [5, 5.41) is 3.61. The van der Waals surface area contributed by atoms with Crippen molar-refractivity contribution in [3.8, 4) is 22.3 Å². The van der Waals surface area contributed by atoms with Gasteiger partial charge >= 0.3 is 0 Å². The third-order valence-electron chi connectivity index (χ3n) is 6.41. The van der Waals surface area contributed by atoms with Gasteiger partial charge in [-0.25, -0.2) is 4.39 Å². The molecule has 1 N–H and O–H groups in total. The van der Waals surface area contributed by atoms with E-state index in [4.69, 9.17) is 0 Å². The Kier molecular flexibility index (Phi) is 4.00. The molecule has 2 heteroatoms. The molecule has 5 rings (SSSR count). The maximum atomic E-state index is 14.8. The number of rotatable bonds is 2. The molecule has 2 aliphatic rings. The third-order valence-corrected chi connectivity index (χ3v) is 6.41. The first-order valence-corrected chi connectivity index (χ1v) is 9.99. The van der Waals surface area contributed by atoms with Crippen LogP contribution in [-0.2, 0) is 5.41 Å². The van der Waals surface area contributed by atoms with Crippen molar-refractivity contribution in [2.45, 2.75) is 37.5 Å². The van der Waals surface area contributed by atoms with E-state index in [9.17, 15) is 4.39 Å². The highest BCUT2D eigenvalue weighted by Crippen LogP contribution is 2.47. The van der Waals surface area contributed by atoms with Gasteiger partial charge in [-0.3, -0.25) is 0 Å². The summed E-state index contributed by atoms with van der Waals surface area (Å²) < 4.78 is 14.8. The minimum atomic E-state index is -0.162. The van der Waals surface area contributed by atoms with Crippen molar-refractivity contribution >= 4 is 5.69 Å². The molecule has 0 saturated heterocycles. The topological polar surface area (TPSA) is 12.0 Å². The standard InChI is InChI=1S/C25H24FN/c26-23-16-20(9-11-21(23)18-7-3-1-4-8-18)19-10-12-24-22(15-19)25(17-27-24)13-5-2-6-14-25/h1,3-4,7-12,15-16,27H,2,5-6,13-14,17H2. The Morgan fingerprint density at radius 1 is 0.741 bits per heavy atom. The van der Waals surface area contributed by atoms with Crippen molar-refractivity contribution in [3.05, 3.63) is 78.1 Å². The van der Waals surface area contributed by atoms with E-state index in [1.54, 1.807) is 6.07 Å². The highest BCUT2D eigenvalue weighted by Gasteiger charge is 2.39. The van der Waals surface area contributed by atoms with Gasteiger partial charge in [0.1, 0.15) is 5.82 Å². The molecule has 3 aromatic carbocycles. The summed E-state index contributed by atoms with van der Waals surface area (Å²) in [5.74, 6) is -0.162. The van der Waals surface area contributed by atoms with Crippen LogP contribution in [0, 0.1) is 5.82 Å². The van der Waals surface area contributed by atoms with Crippen molar-refractivity contribution in [1.82, 2.24) is 0 Å². The molecule has 136 valence electrons. The molecular formula is C25H24FN. The number of anilines is 1. The molecule has 3 aromatic rings. The molecule has 0 amide bonds. The van der Waals surface area contributed by atoms with Crippen LogP contribution in [0.25, 0.3) is 22.3 Å². The van der Waals surface area contributed by atoms with Crippen molar-refractivity contribution in [3.63, 3.8) is 0 Å². The Morgan fingerprint density at radius 2 is 1.48 bits per heavy atom. The first-order valence-electron chi connectivity index (χ1n) is 9.99. The van der Waals surface area contributed by atoms with Crippen molar-refractivity contribution in [2.75, 3.05) is 11.9 Å². The fraction of sp³-hybridized carbons (Fsp3) is 0.280. The molecule has 27 heavy (non-hydrogen) atoms. The largest absolute Gasteiger partial charge is 0.384 e. The van der Waals surface area contributed by atoms with E-state index < -0.39 is 0 Å². The molecule has 1 fully saturated rings. The van der Waals surface area contributed by atoms with Crippen LogP contribution in [0.4, 0.5) is 10.1 Å². The van der Waals surface area contributed by atoms with Gasteiger partial charge in [0.05, 0.1) is 0 Å². The summed E-state index contributed by atoms with van der Waals surface area (Å²) in [6.45, 7) is 1.05. The van der Waals surface area contributed by atoms with Crippen molar-refractivity contribution in [2.24, 2.45) is 0 Å². The average Bonchev–Trinajstić information content (AvgIpc) is 3.06. The van der Waals surface area contributed by atoms with E-state index in [2.05, 4.69) is 23.5 Å². The minimum absolute atomic E-state index is 0.162. The van der Waals surface area contributed by atoms with Crippen LogP contribution in [0.3, 0.4) is 0 Å². The van der Waals surface area contributed by atoms with E-state index >= 15 is 0 Å². The summed E-state index contributed by atoms with van der Waals surface area (Å²) in [6, 6.07) is 22.0. The van der Waals surface area contributed by atoms with Gasteiger partial charge in [-0.05, 0) is 53.3 Å². The third kappa shape index (κ3) is 2.84. The summed E-state index contributed by atoms with van der Waals surface area (Å²) in [5.41, 5.74) is 6.63. The predicted octanol–water partition coefficient (Wildman–Crippen LogP) is 6.79. The lowest BCUT2D eigenvalue weighted by molar-refractivity contribution is 0.319. The molecule has 1 aliphatic heterocycles. The average molecular weight is 357 g/mol. The molecule has 0 aromatic heterocycles. The zero-order chi connectivity index (χ0) is 18.3. The van der Waals surface area contributed by atoms with Crippen LogP contribution >= 0.6 is 0 Å². The number of hydrogen-bond acceptors (Lipinski definition) is 1. The lowest BCUT2D eigenvalue weighted by atomic mass is 9.70. The number of nitrogens with one attached hydrogen (secondary N) is 1. The second-order valence-corrected chi connectivity index (χ2v) is 8.02. The van der Waals surface area contributed by atoms with Crippen LogP contribution in [0.2, 0.25) is 0 Å². The monoisotopic (exact) mass is 357 g/mol. The predicted molar refractivity (Wildman–Crippen MR) is 111 cm³/mol. The van der Waals surface area contributed by atoms with Gasteiger partial charge in [-0.15, -0.1) is 0 Å². The minimum Gasteiger partial charge on any atom is -0.384 e. The molecule has 0 unspecified atom stereocenters. The molecule has 0 radical (unpaired) electrons. The van der Waals surface area contributed by atoms with Crippen LogP contribution in [0.1, 0.15) is 37.7 Å². The van der Waals surface area contributed by atoms with Gasteiger partial charge in [0.2, 0.25) is 0 Å². The summed E-state index contributed by atoms with van der Waals surface area (Å²) in [6.07, 6.45) is 6.50. The Labute approximate surface area is 160 Å². The Bertz CT molecular complexity index is 965. The molecule has 1 nitrogen and oxygen atoms in total. The Hall–Kier alpha value is -2.61. The second-order valence-electron chi connectivity index (χ2n) is 8.02. The molecule has 1 saturated carbocycles. The van der Waals surface area contributed by atoms with Gasteiger partial charge < -0.3 is 5.32 Å². The van der Waals surface area contributed by atoms with Gasteiger partial charge in [-0.2, -0.15) is 0 Å². The van der Waals surface area contributed by atoms with Crippen LogP contribution in [-0.4, -0.2) is 6.54 Å². The number of halogens is 1. The zero-order valence-corrected chi connectivity index (χ0v) is 15.5. The van der Waals surface area contributed by atoms with Gasteiger partial charge in [0.25, 0.3) is 0 Å². The van der Waals surface area contributed by atoms with Crippen molar-refractivity contribution in [1.29, 1.82) is 0 Å². The summed E-state index contributed by atoms with van der Waals surface area (Å²) in [7, 11) is 0. The molecule has 1 spiro atoms. The van der Waals surface area contributed by atoms with Gasteiger partial charge in [0.15, 0.2) is 0 Å². The molecule has 0 bridgehead atoms. The highest BCUT2D eigenvalue weighted by molar-refractivity contribution is 5.74. The van der Waals surface area contributed by atoms with Gasteiger partial charge in [0, 0.05) is 23.2 Å². The summed E-state index contributed by atoms with van der Waals surface area (Å²) in [4.78, 5) is 0. The first kappa shape index (κ1) is 16.6. The Balaban J connectivity index is 1.53. The van der Waals surface area contributed by atoms with Crippen molar-refractivity contribution < 1.29 is 4.39 Å². The lowest BCUT2D eigenvalue weighted by Crippen LogP contribution is -2.30. The number of fused-ring (bicyclic) bond motifs is 2. The normalized spacial score (nSPS) is 17.5. The van der Waals surface area contributed by atoms with E-state index in [1.807, 2.05) is 42.5 Å². The lowest BCUT2D eigenvalue weighted by Gasteiger charge is -2.33. The van der Waals surface area contributed by atoms with E-state index in [1.165, 1.54) is 43.4 Å². The van der Waals surface area contributed by atoms with Crippen LogP contribution in [0.15, 0.2) is 66.7 Å². The number of hydrogen-bond donors (Lipinski definition) is 1. The molecular weight excluding hydrogens is 333 g/mol. The second kappa shape index (κ2) is 6.53. The fourth-order valence-electron chi connectivity index (χ4n) is 4.90. The maximum absolute atomic E-state index is 14.8. The fourth-order valence-corrected chi connectivity index (χ4v) is 4.90. The molecule has 1 heterocycles. The first-order chi connectivity index (χ1) is 13.3. The number of benzene rings is 3. The molecule has 1 aliphatic carbocycles. The van der Waals surface area contributed by atoms with E-state index in [0.717, 1.165) is 23.2 Å². The Morgan fingerprint density at radius 3 is 2.26 bits per heavy atom. The van der Waals surface area contributed by atoms with Crippen LogP contribution < -0.4 is 5.32 Å².